The standard InChI is InChI=1S/C17H16N2O3S/c20-14-8-6-13(7-9-14)17-18-16(22-19-17)12-23-11-10-21-15-4-2-1-3-5-15/h1-9,20H,10-12H2. The van der Waals surface area contributed by atoms with E-state index in [0.717, 1.165) is 17.1 Å². The molecule has 0 atom stereocenters. The summed E-state index contributed by atoms with van der Waals surface area (Å²) < 4.78 is 10.8. The molecule has 1 N–H and O–H groups in total. The van der Waals surface area contributed by atoms with Gasteiger partial charge in [-0.1, -0.05) is 23.4 Å². The molecule has 1 aromatic heterocycles. The van der Waals surface area contributed by atoms with Crippen LogP contribution in [0.15, 0.2) is 59.1 Å². The van der Waals surface area contributed by atoms with Crippen LogP contribution in [0.2, 0.25) is 0 Å². The second-order valence-electron chi connectivity index (χ2n) is 4.77. The third-order valence-corrected chi connectivity index (χ3v) is 3.97. The van der Waals surface area contributed by atoms with E-state index in [0.29, 0.717) is 24.1 Å². The van der Waals surface area contributed by atoms with Crippen molar-refractivity contribution in [3.05, 3.63) is 60.5 Å². The molecule has 118 valence electrons. The fourth-order valence-corrected chi connectivity index (χ4v) is 2.57. The Morgan fingerprint density at radius 3 is 2.61 bits per heavy atom. The van der Waals surface area contributed by atoms with Gasteiger partial charge in [-0.25, -0.2) is 0 Å². The lowest BCUT2D eigenvalue weighted by Crippen LogP contribution is -2.00. The zero-order valence-corrected chi connectivity index (χ0v) is 13.2. The van der Waals surface area contributed by atoms with E-state index in [1.807, 2.05) is 30.3 Å². The molecule has 3 rings (SSSR count). The van der Waals surface area contributed by atoms with Gasteiger partial charge in [-0.05, 0) is 36.4 Å². The molecule has 0 aliphatic heterocycles. The van der Waals surface area contributed by atoms with Crippen molar-refractivity contribution >= 4 is 11.8 Å². The van der Waals surface area contributed by atoms with Crippen LogP contribution in [-0.2, 0) is 5.75 Å². The highest BCUT2D eigenvalue weighted by atomic mass is 32.2. The summed E-state index contributed by atoms with van der Waals surface area (Å²) in [7, 11) is 0. The van der Waals surface area contributed by atoms with Crippen LogP contribution < -0.4 is 4.74 Å². The molecule has 5 nitrogen and oxygen atoms in total. The predicted octanol–water partition coefficient (Wildman–Crippen LogP) is 3.75. The SMILES string of the molecule is Oc1ccc(-c2noc(CSCCOc3ccccc3)n2)cc1. The molecule has 23 heavy (non-hydrogen) atoms. The topological polar surface area (TPSA) is 68.4 Å². The van der Waals surface area contributed by atoms with Gasteiger partial charge in [0.15, 0.2) is 0 Å². The molecule has 0 aliphatic rings. The van der Waals surface area contributed by atoms with Crippen LogP contribution in [0.5, 0.6) is 11.5 Å². The molecule has 0 saturated heterocycles. The van der Waals surface area contributed by atoms with E-state index < -0.39 is 0 Å². The van der Waals surface area contributed by atoms with Gasteiger partial charge >= 0.3 is 0 Å². The van der Waals surface area contributed by atoms with Crippen LogP contribution in [0.4, 0.5) is 0 Å². The molecule has 0 bridgehead atoms. The number of aromatic hydroxyl groups is 1. The van der Waals surface area contributed by atoms with Gasteiger partial charge in [0.05, 0.1) is 12.4 Å². The first-order valence-electron chi connectivity index (χ1n) is 7.19. The minimum Gasteiger partial charge on any atom is -0.508 e. The Labute approximate surface area is 138 Å². The zero-order chi connectivity index (χ0) is 15.9. The van der Waals surface area contributed by atoms with Gasteiger partial charge in [-0.15, -0.1) is 11.8 Å². The molecular formula is C17H16N2O3S. The van der Waals surface area contributed by atoms with E-state index in [-0.39, 0.29) is 5.75 Å². The molecule has 0 aliphatic carbocycles. The third kappa shape index (κ3) is 4.50. The number of benzene rings is 2. The molecule has 1 heterocycles. The van der Waals surface area contributed by atoms with Gasteiger partial charge in [0.2, 0.25) is 11.7 Å². The number of aromatic nitrogens is 2. The normalized spacial score (nSPS) is 10.6. The fraction of sp³-hybridized carbons (Fsp3) is 0.176. The molecular weight excluding hydrogens is 312 g/mol. The number of para-hydroxylation sites is 1. The van der Waals surface area contributed by atoms with E-state index in [2.05, 4.69) is 10.1 Å². The van der Waals surface area contributed by atoms with Crippen molar-refractivity contribution in [3.63, 3.8) is 0 Å². The molecule has 0 unspecified atom stereocenters. The van der Waals surface area contributed by atoms with E-state index >= 15 is 0 Å². The van der Waals surface area contributed by atoms with Gasteiger partial charge in [-0.3, -0.25) is 0 Å². The van der Waals surface area contributed by atoms with Gasteiger partial charge in [0.25, 0.3) is 0 Å². The lowest BCUT2D eigenvalue weighted by atomic mass is 10.2. The summed E-state index contributed by atoms with van der Waals surface area (Å²) >= 11 is 1.68. The van der Waals surface area contributed by atoms with Crippen molar-refractivity contribution in [2.24, 2.45) is 0 Å². The Morgan fingerprint density at radius 1 is 1.04 bits per heavy atom. The molecule has 2 aromatic carbocycles. The van der Waals surface area contributed by atoms with Gasteiger partial charge < -0.3 is 14.4 Å². The number of hydrogen-bond acceptors (Lipinski definition) is 6. The summed E-state index contributed by atoms with van der Waals surface area (Å²) in [6.45, 7) is 0.633. The Hall–Kier alpha value is -2.47. The van der Waals surface area contributed by atoms with Crippen LogP contribution in [0.1, 0.15) is 5.89 Å². The second-order valence-corrected chi connectivity index (χ2v) is 5.88. The quantitative estimate of drug-likeness (QED) is 0.666. The molecule has 0 amide bonds. The number of nitrogens with zero attached hydrogens (tertiary/aromatic N) is 2. The molecule has 0 radical (unpaired) electrons. The third-order valence-electron chi connectivity index (χ3n) is 3.06. The molecule has 0 spiro atoms. The first kappa shape index (κ1) is 15.4. The van der Waals surface area contributed by atoms with Crippen molar-refractivity contribution in [1.82, 2.24) is 10.1 Å². The van der Waals surface area contributed by atoms with Gasteiger partial charge in [0.1, 0.15) is 11.5 Å². The van der Waals surface area contributed by atoms with Crippen molar-refractivity contribution < 1.29 is 14.4 Å². The first-order chi connectivity index (χ1) is 11.3. The summed E-state index contributed by atoms with van der Waals surface area (Å²) in [6, 6.07) is 16.4. The van der Waals surface area contributed by atoms with E-state index in [9.17, 15) is 5.11 Å². The van der Waals surface area contributed by atoms with Crippen LogP contribution in [0, 0.1) is 0 Å². The Balaban J connectivity index is 1.43. The largest absolute Gasteiger partial charge is 0.508 e. The van der Waals surface area contributed by atoms with Crippen LogP contribution in [-0.4, -0.2) is 27.6 Å². The highest BCUT2D eigenvalue weighted by molar-refractivity contribution is 7.98. The number of phenolic OH excluding ortho intramolecular Hbond substituents is 1. The lowest BCUT2D eigenvalue weighted by Gasteiger charge is -2.04. The average molecular weight is 328 g/mol. The molecule has 0 saturated carbocycles. The molecule has 0 fully saturated rings. The Kier molecular flexibility index (Phi) is 5.16. The monoisotopic (exact) mass is 328 g/mol. The number of ether oxygens (including phenoxy) is 1. The maximum atomic E-state index is 9.28. The smallest absolute Gasteiger partial charge is 0.236 e. The Morgan fingerprint density at radius 2 is 1.83 bits per heavy atom. The average Bonchev–Trinajstić information content (AvgIpc) is 3.05. The van der Waals surface area contributed by atoms with Crippen LogP contribution in [0.25, 0.3) is 11.4 Å². The van der Waals surface area contributed by atoms with Crippen LogP contribution in [0.3, 0.4) is 0 Å². The zero-order valence-electron chi connectivity index (χ0n) is 12.4. The molecule has 3 aromatic rings. The Bertz CT molecular complexity index is 729. The van der Waals surface area contributed by atoms with E-state index in [1.54, 1.807) is 36.0 Å². The minimum atomic E-state index is 0.214. The summed E-state index contributed by atoms with van der Waals surface area (Å²) in [5, 5.41) is 13.2. The summed E-state index contributed by atoms with van der Waals surface area (Å²) in [4.78, 5) is 4.34. The van der Waals surface area contributed by atoms with Crippen molar-refractivity contribution in [3.8, 4) is 22.9 Å². The highest BCUT2D eigenvalue weighted by Crippen LogP contribution is 2.20. The van der Waals surface area contributed by atoms with Crippen molar-refractivity contribution in [2.45, 2.75) is 5.75 Å². The fourth-order valence-electron chi connectivity index (χ4n) is 1.94. The number of phenols is 1. The molecule has 6 heteroatoms. The predicted molar refractivity (Wildman–Crippen MR) is 89.5 cm³/mol. The van der Waals surface area contributed by atoms with Crippen molar-refractivity contribution in [1.29, 1.82) is 0 Å². The number of rotatable bonds is 7. The maximum Gasteiger partial charge on any atom is 0.236 e. The number of hydrogen-bond donors (Lipinski definition) is 1. The first-order valence-corrected chi connectivity index (χ1v) is 8.34. The second kappa shape index (κ2) is 7.69. The van der Waals surface area contributed by atoms with Gasteiger partial charge in [0, 0.05) is 11.3 Å². The summed E-state index contributed by atoms with van der Waals surface area (Å²) in [6.07, 6.45) is 0. The van der Waals surface area contributed by atoms with Crippen LogP contribution >= 0.6 is 11.8 Å². The van der Waals surface area contributed by atoms with E-state index in [4.69, 9.17) is 9.26 Å². The maximum absolute atomic E-state index is 9.28. The van der Waals surface area contributed by atoms with E-state index in [1.165, 1.54) is 0 Å². The number of thioether (sulfide) groups is 1. The summed E-state index contributed by atoms with van der Waals surface area (Å²) in [5.41, 5.74) is 0.815. The minimum absolute atomic E-state index is 0.214. The summed E-state index contributed by atoms with van der Waals surface area (Å²) in [5.74, 6) is 3.68. The van der Waals surface area contributed by atoms with Crippen molar-refractivity contribution in [2.75, 3.05) is 12.4 Å². The lowest BCUT2D eigenvalue weighted by molar-refractivity contribution is 0.343. The highest BCUT2D eigenvalue weighted by Gasteiger charge is 2.08. The van der Waals surface area contributed by atoms with Gasteiger partial charge in [-0.2, -0.15) is 4.98 Å².